The first-order chi connectivity index (χ1) is 11.2. The topological polar surface area (TPSA) is 15.3 Å². The summed E-state index contributed by atoms with van der Waals surface area (Å²) in [5.74, 6) is 0.902. The summed E-state index contributed by atoms with van der Waals surface area (Å²) in [7, 11) is 0. The van der Waals surface area contributed by atoms with Gasteiger partial charge in [-0.05, 0) is 62.0 Å². The van der Waals surface area contributed by atoms with Gasteiger partial charge in [-0.1, -0.05) is 48.9 Å². The van der Waals surface area contributed by atoms with E-state index >= 15 is 0 Å². The Balaban J connectivity index is 1.51. The molecule has 0 unspecified atom stereocenters. The van der Waals surface area contributed by atoms with Crippen molar-refractivity contribution in [1.82, 2.24) is 4.90 Å². The molecular weight excluding hydrogens is 280 g/mol. The maximum atomic E-state index is 3.51. The van der Waals surface area contributed by atoms with Gasteiger partial charge in [0.1, 0.15) is 0 Å². The van der Waals surface area contributed by atoms with E-state index in [-0.39, 0.29) is 0 Å². The molecule has 0 saturated carbocycles. The van der Waals surface area contributed by atoms with Crippen molar-refractivity contribution in [3.05, 3.63) is 65.2 Å². The summed E-state index contributed by atoms with van der Waals surface area (Å²) < 4.78 is 0. The third-order valence-electron chi connectivity index (χ3n) is 4.82. The van der Waals surface area contributed by atoms with Crippen LogP contribution in [0.1, 0.15) is 36.5 Å². The summed E-state index contributed by atoms with van der Waals surface area (Å²) in [6.07, 6.45) is 2.69. The Labute approximate surface area is 140 Å². The minimum Gasteiger partial charge on any atom is -0.381 e. The van der Waals surface area contributed by atoms with Crippen molar-refractivity contribution in [2.75, 3.05) is 18.4 Å². The lowest BCUT2D eigenvalue weighted by molar-refractivity contribution is 0.185. The summed E-state index contributed by atoms with van der Waals surface area (Å²) >= 11 is 0. The SMILES string of the molecule is Cc1cccc(CNc2ccc(CN3CCC(C)CC3)cc2)c1. The average molecular weight is 308 g/mol. The highest BCUT2D eigenvalue weighted by atomic mass is 15.1. The van der Waals surface area contributed by atoms with Crippen LogP contribution in [-0.4, -0.2) is 18.0 Å². The molecule has 0 radical (unpaired) electrons. The molecule has 3 rings (SSSR count). The van der Waals surface area contributed by atoms with Gasteiger partial charge in [-0.3, -0.25) is 4.90 Å². The van der Waals surface area contributed by atoms with Gasteiger partial charge in [0, 0.05) is 18.8 Å². The van der Waals surface area contributed by atoms with E-state index in [0.717, 1.165) is 19.0 Å². The number of nitrogens with one attached hydrogen (secondary N) is 1. The van der Waals surface area contributed by atoms with Crippen molar-refractivity contribution >= 4 is 5.69 Å². The molecule has 0 amide bonds. The monoisotopic (exact) mass is 308 g/mol. The first kappa shape index (κ1) is 16.1. The van der Waals surface area contributed by atoms with Crippen LogP contribution in [0.3, 0.4) is 0 Å². The van der Waals surface area contributed by atoms with Gasteiger partial charge >= 0.3 is 0 Å². The number of benzene rings is 2. The smallest absolute Gasteiger partial charge is 0.0400 e. The Hall–Kier alpha value is -1.80. The molecule has 1 heterocycles. The zero-order chi connectivity index (χ0) is 16.1. The van der Waals surface area contributed by atoms with Gasteiger partial charge in [-0.2, -0.15) is 0 Å². The van der Waals surface area contributed by atoms with Gasteiger partial charge in [0.05, 0.1) is 0 Å². The van der Waals surface area contributed by atoms with Gasteiger partial charge in [-0.15, -0.1) is 0 Å². The van der Waals surface area contributed by atoms with Crippen LogP contribution in [-0.2, 0) is 13.1 Å². The molecule has 2 nitrogen and oxygen atoms in total. The molecule has 1 aliphatic heterocycles. The number of hydrogen-bond donors (Lipinski definition) is 1. The Kier molecular flexibility index (Phi) is 5.35. The van der Waals surface area contributed by atoms with Crippen molar-refractivity contribution in [2.45, 2.75) is 39.8 Å². The molecule has 0 aromatic heterocycles. The number of nitrogens with zero attached hydrogens (tertiary/aromatic N) is 1. The van der Waals surface area contributed by atoms with Crippen LogP contribution < -0.4 is 5.32 Å². The quantitative estimate of drug-likeness (QED) is 0.850. The van der Waals surface area contributed by atoms with Crippen LogP contribution in [0.15, 0.2) is 48.5 Å². The van der Waals surface area contributed by atoms with Crippen molar-refractivity contribution < 1.29 is 0 Å². The fourth-order valence-corrected chi connectivity index (χ4v) is 3.23. The molecule has 2 aromatic rings. The lowest BCUT2D eigenvalue weighted by atomic mass is 9.99. The normalized spacial score (nSPS) is 16.4. The van der Waals surface area contributed by atoms with Gasteiger partial charge in [0.25, 0.3) is 0 Å². The second-order valence-electron chi connectivity index (χ2n) is 7.00. The lowest BCUT2D eigenvalue weighted by Crippen LogP contribution is -2.32. The van der Waals surface area contributed by atoms with Crippen molar-refractivity contribution in [3.63, 3.8) is 0 Å². The van der Waals surface area contributed by atoms with Gasteiger partial charge in [0.15, 0.2) is 0 Å². The molecule has 1 fully saturated rings. The Bertz CT molecular complexity index is 610. The number of aryl methyl sites for hydroxylation is 1. The number of piperidine rings is 1. The molecule has 2 heteroatoms. The summed E-state index contributed by atoms with van der Waals surface area (Å²) in [6, 6.07) is 17.6. The third kappa shape index (κ3) is 4.84. The second kappa shape index (κ2) is 7.65. The predicted octanol–water partition coefficient (Wildman–Crippen LogP) is 4.84. The van der Waals surface area contributed by atoms with Crippen LogP contribution in [0, 0.1) is 12.8 Å². The van der Waals surface area contributed by atoms with E-state index in [4.69, 9.17) is 0 Å². The fraction of sp³-hybridized carbons (Fsp3) is 0.429. The molecule has 0 bridgehead atoms. The lowest BCUT2D eigenvalue weighted by Gasteiger charge is -2.30. The van der Waals surface area contributed by atoms with Crippen LogP contribution >= 0.6 is 0 Å². The average Bonchev–Trinajstić information content (AvgIpc) is 2.56. The number of rotatable bonds is 5. The van der Waals surface area contributed by atoms with E-state index in [1.807, 2.05) is 0 Å². The first-order valence-electron chi connectivity index (χ1n) is 8.80. The van der Waals surface area contributed by atoms with Gasteiger partial charge in [-0.25, -0.2) is 0 Å². The minimum atomic E-state index is 0.880. The highest BCUT2D eigenvalue weighted by Gasteiger charge is 2.15. The molecule has 2 aromatic carbocycles. The summed E-state index contributed by atoms with van der Waals surface area (Å²) in [5.41, 5.74) is 5.26. The molecule has 1 saturated heterocycles. The summed E-state index contributed by atoms with van der Waals surface area (Å²) in [4.78, 5) is 2.58. The molecule has 1 N–H and O–H groups in total. The molecule has 23 heavy (non-hydrogen) atoms. The van der Waals surface area contributed by atoms with Crippen LogP contribution in [0.25, 0.3) is 0 Å². The molecule has 0 spiro atoms. The fourth-order valence-electron chi connectivity index (χ4n) is 3.23. The van der Waals surface area contributed by atoms with Crippen LogP contribution in [0.4, 0.5) is 5.69 Å². The minimum absolute atomic E-state index is 0.880. The van der Waals surface area contributed by atoms with E-state index in [2.05, 4.69) is 72.6 Å². The van der Waals surface area contributed by atoms with E-state index in [1.54, 1.807) is 0 Å². The molecule has 0 aliphatic carbocycles. The van der Waals surface area contributed by atoms with Gasteiger partial charge in [0.2, 0.25) is 0 Å². The maximum absolute atomic E-state index is 3.51. The largest absolute Gasteiger partial charge is 0.381 e. The second-order valence-corrected chi connectivity index (χ2v) is 7.00. The summed E-state index contributed by atoms with van der Waals surface area (Å²) in [5, 5.41) is 3.51. The highest BCUT2D eigenvalue weighted by Crippen LogP contribution is 2.19. The van der Waals surface area contributed by atoms with E-state index in [0.29, 0.717) is 0 Å². The Morgan fingerprint density at radius 3 is 2.43 bits per heavy atom. The third-order valence-corrected chi connectivity index (χ3v) is 4.82. The maximum Gasteiger partial charge on any atom is 0.0400 e. The number of likely N-dealkylation sites (tertiary alicyclic amines) is 1. The Morgan fingerprint density at radius 1 is 1.00 bits per heavy atom. The highest BCUT2D eigenvalue weighted by molar-refractivity contribution is 5.45. The zero-order valence-electron chi connectivity index (χ0n) is 14.4. The van der Waals surface area contributed by atoms with E-state index in [9.17, 15) is 0 Å². The van der Waals surface area contributed by atoms with E-state index in [1.165, 1.54) is 48.3 Å². The molecular formula is C21H28N2. The van der Waals surface area contributed by atoms with Crippen LogP contribution in [0.5, 0.6) is 0 Å². The number of hydrogen-bond acceptors (Lipinski definition) is 2. The van der Waals surface area contributed by atoms with Crippen molar-refractivity contribution in [3.8, 4) is 0 Å². The zero-order valence-corrected chi connectivity index (χ0v) is 14.4. The van der Waals surface area contributed by atoms with Crippen molar-refractivity contribution in [2.24, 2.45) is 5.92 Å². The van der Waals surface area contributed by atoms with Gasteiger partial charge < -0.3 is 5.32 Å². The molecule has 1 aliphatic rings. The van der Waals surface area contributed by atoms with Crippen molar-refractivity contribution in [1.29, 1.82) is 0 Å². The first-order valence-corrected chi connectivity index (χ1v) is 8.80. The summed E-state index contributed by atoms with van der Waals surface area (Å²) in [6.45, 7) is 8.96. The predicted molar refractivity (Wildman–Crippen MR) is 98.6 cm³/mol. The number of anilines is 1. The Morgan fingerprint density at radius 2 is 1.74 bits per heavy atom. The molecule has 0 atom stereocenters. The molecule has 122 valence electrons. The standard InChI is InChI=1S/C21H28N2/c1-17-10-12-23(13-11-17)16-19-6-8-21(9-7-19)22-15-20-5-3-4-18(2)14-20/h3-9,14,17,22H,10-13,15-16H2,1-2H3. The van der Waals surface area contributed by atoms with Crippen LogP contribution in [0.2, 0.25) is 0 Å². The van der Waals surface area contributed by atoms with E-state index < -0.39 is 0 Å².